The summed E-state index contributed by atoms with van der Waals surface area (Å²) in [5.41, 5.74) is 3.73. The first-order valence-corrected chi connectivity index (χ1v) is 9.78. The Labute approximate surface area is 162 Å². The Morgan fingerprint density at radius 2 is 1.81 bits per heavy atom. The second-order valence-electron chi connectivity index (χ2n) is 7.45. The van der Waals surface area contributed by atoms with Crippen LogP contribution in [0.25, 0.3) is 0 Å². The minimum absolute atomic E-state index is 0.0568. The molecule has 2 aromatic carbocycles. The maximum atomic E-state index is 12.7. The lowest BCUT2D eigenvalue weighted by molar-refractivity contribution is -0.127. The van der Waals surface area contributed by atoms with Crippen LogP contribution in [0.3, 0.4) is 0 Å². The van der Waals surface area contributed by atoms with Crippen LogP contribution in [-0.4, -0.2) is 31.0 Å². The second kappa shape index (κ2) is 9.05. The summed E-state index contributed by atoms with van der Waals surface area (Å²) in [6, 6.07) is 16.3. The van der Waals surface area contributed by atoms with Crippen LogP contribution in [-0.2, 0) is 11.3 Å². The molecule has 3 rings (SSSR count). The number of nitrogens with zero attached hydrogens (tertiary/aromatic N) is 1. The number of hydrogen-bond donors (Lipinski definition) is 1. The van der Waals surface area contributed by atoms with Crippen molar-refractivity contribution in [3.63, 3.8) is 0 Å². The maximum absolute atomic E-state index is 12.7. The summed E-state index contributed by atoms with van der Waals surface area (Å²) in [5, 5.41) is 3.18. The minimum atomic E-state index is -0.0568. The lowest BCUT2D eigenvalue weighted by Crippen LogP contribution is -2.41. The molecule has 0 spiro atoms. The quantitative estimate of drug-likeness (QED) is 0.837. The molecule has 1 heterocycles. The zero-order valence-electron chi connectivity index (χ0n) is 16.6. The van der Waals surface area contributed by atoms with Crippen molar-refractivity contribution in [2.24, 2.45) is 5.92 Å². The number of aryl methyl sites for hydroxylation is 1. The molecule has 1 aliphatic rings. The highest BCUT2D eigenvalue weighted by Gasteiger charge is 2.26. The Kier molecular flexibility index (Phi) is 6.51. The van der Waals surface area contributed by atoms with Gasteiger partial charge in [-0.2, -0.15) is 0 Å². The van der Waals surface area contributed by atoms with Crippen LogP contribution in [0.1, 0.15) is 42.5 Å². The second-order valence-corrected chi connectivity index (χ2v) is 7.45. The molecule has 27 heavy (non-hydrogen) atoms. The smallest absolute Gasteiger partial charge is 0.223 e. The number of ether oxygens (including phenoxy) is 1. The van der Waals surface area contributed by atoms with Gasteiger partial charge in [-0.15, -0.1) is 0 Å². The average molecular weight is 367 g/mol. The molecule has 0 unspecified atom stereocenters. The van der Waals surface area contributed by atoms with E-state index in [4.69, 9.17) is 4.74 Å². The summed E-state index contributed by atoms with van der Waals surface area (Å²) < 4.78 is 5.42. The third-order valence-electron chi connectivity index (χ3n) is 5.58. The van der Waals surface area contributed by atoms with Gasteiger partial charge in [-0.1, -0.05) is 42.5 Å². The Morgan fingerprint density at radius 1 is 1.15 bits per heavy atom. The van der Waals surface area contributed by atoms with Crippen LogP contribution in [0.5, 0.6) is 5.75 Å². The third-order valence-corrected chi connectivity index (χ3v) is 5.58. The molecule has 0 saturated carbocycles. The highest BCUT2D eigenvalue weighted by Crippen LogP contribution is 2.26. The van der Waals surface area contributed by atoms with Crippen molar-refractivity contribution in [2.45, 2.75) is 39.3 Å². The van der Waals surface area contributed by atoms with Crippen molar-refractivity contribution in [1.29, 1.82) is 0 Å². The van der Waals surface area contributed by atoms with E-state index in [2.05, 4.69) is 41.4 Å². The van der Waals surface area contributed by atoms with Gasteiger partial charge in [0.15, 0.2) is 0 Å². The van der Waals surface area contributed by atoms with Crippen LogP contribution in [0.15, 0.2) is 48.5 Å². The van der Waals surface area contributed by atoms with Crippen molar-refractivity contribution >= 4 is 5.91 Å². The number of hydrogen-bond acceptors (Lipinski definition) is 3. The number of likely N-dealkylation sites (tertiary alicyclic amines) is 1. The fraction of sp³-hybridized carbons (Fsp3) is 0.435. The van der Waals surface area contributed by atoms with Crippen molar-refractivity contribution < 1.29 is 9.53 Å². The van der Waals surface area contributed by atoms with Crippen LogP contribution in [0, 0.1) is 12.8 Å². The van der Waals surface area contributed by atoms with Crippen LogP contribution in [0.2, 0.25) is 0 Å². The number of para-hydroxylation sites is 1. The van der Waals surface area contributed by atoms with E-state index in [1.807, 2.05) is 31.2 Å². The van der Waals surface area contributed by atoms with Gasteiger partial charge >= 0.3 is 0 Å². The van der Waals surface area contributed by atoms with Crippen LogP contribution < -0.4 is 10.1 Å². The minimum Gasteiger partial charge on any atom is -0.496 e. The molecule has 4 heteroatoms. The molecule has 1 atom stereocenters. The van der Waals surface area contributed by atoms with Crippen molar-refractivity contribution in [3.05, 3.63) is 65.2 Å². The molecule has 2 aromatic rings. The van der Waals surface area contributed by atoms with E-state index in [0.29, 0.717) is 0 Å². The Bertz CT molecular complexity index is 766. The van der Waals surface area contributed by atoms with E-state index in [-0.39, 0.29) is 17.9 Å². The van der Waals surface area contributed by atoms with Crippen LogP contribution >= 0.6 is 0 Å². The monoisotopic (exact) mass is 366 g/mol. The number of carbonyl (C=O) groups excluding carboxylic acids is 1. The summed E-state index contributed by atoms with van der Waals surface area (Å²) in [4.78, 5) is 15.2. The molecule has 0 aliphatic carbocycles. The Balaban J connectivity index is 1.52. The average Bonchev–Trinajstić information content (AvgIpc) is 2.70. The molecule has 0 bridgehead atoms. The molecule has 4 nitrogen and oxygen atoms in total. The number of amides is 1. The number of rotatable bonds is 6. The topological polar surface area (TPSA) is 41.6 Å². The molecular weight excluding hydrogens is 336 g/mol. The normalized spacial score (nSPS) is 16.7. The molecule has 1 amide bonds. The number of nitrogens with one attached hydrogen (secondary N) is 1. The fourth-order valence-electron chi connectivity index (χ4n) is 3.81. The van der Waals surface area contributed by atoms with Gasteiger partial charge in [0.1, 0.15) is 5.75 Å². The van der Waals surface area contributed by atoms with Gasteiger partial charge in [0.25, 0.3) is 0 Å². The zero-order valence-corrected chi connectivity index (χ0v) is 16.6. The maximum Gasteiger partial charge on any atom is 0.223 e. The summed E-state index contributed by atoms with van der Waals surface area (Å²) >= 11 is 0. The first-order chi connectivity index (χ1) is 13.1. The summed E-state index contributed by atoms with van der Waals surface area (Å²) in [6.07, 6.45) is 1.83. The van der Waals surface area contributed by atoms with E-state index in [9.17, 15) is 4.79 Å². The highest BCUT2D eigenvalue weighted by molar-refractivity contribution is 5.79. The standard InChI is InChI=1S/C23H30N2O2/c1-17-8-4-5-9-20(17)16-25-14-12-19(13-15-25)23(26)24-18(2)21-10-6-7-11-22(21)27-3/h4-11,18-19H,12-16H2,1-3H3,(H,24,26)/t18-/m1/s1. The SMILES string of the molecule is COc1ccccc1[C@@H](C)NC(=O)C1CCN(Cc2ccccc2C)CC1. The third kappa shape index (κ3) is 4.89. The Hall–Kier alpha value is -2.33. The zero-order chi connectivity index (χ0) is 19.2. The van der Waals surface area contributed by atoms with E-state index < -0.39 is 0 Å². The highest BCUT2D eigenvalue weighted by atomic mass is 16.5. The van der Waals surface area contributed by atoms with Gasteiger partial charge in [-0.3, -0.25) is 9.69 Å². The predicted octanol–water partition coefficient (Wildman–Crippen LogP) is 4.09. The van der Waals surface area contributed by atoms with Crippen LogP contribution in [0.4, 0.5) is 0 Å². The summed E-state index contributed by atoms with van der Waals surface area (Å²) in [6.45, 7) is 7.08. The number of benzene rings is 2. The van der Waals surface area contributed by atoms with Crippen molar-refractivity contribution in [3.8, 4) is 5.75 Å². The lowest BCUT2D eigenvalue weighted by Gasteiger charge is -2.32. The van der Waals surface area contributed by atoms with E-state index in [1.54, 1.807) is 7.11 Å². The van der Waals surface area contributed by atoms with Gasteiger partial charge in [0, 0.05) is 18.0 Å². The molecular formula is C23H30N2O2. The summed E-state index contributed by atoms with van der Waals surface area (Å²) in [5.74, 6) is 1.07. The van der Waals surface area contributed by atoms with E-state index in [0.717, 1.165) is 43.8 Å². The number of piperidine rings is 1. The molecule has 0 aromatic heterocycles. The number of methoxy groups -OCH3 is 1. The number of carbonyl (C=O) groups is 1. The Morgan fingerprint density at radius 3 is 2.52 bits per heavy atom. The predicted molar refractivity (Wildman–Crippen MR) is 109 cm³/mol. The first kappa shape index (κ1) is 19.4. The summed E-state index contributed by atoms with van der Waals surface area (Å²) in [7, 11) is 1.66. The van der Waals surface area contributed by atoms with Gasteiger partial charge in [-0.25, -0.2) is 0 Å². The molecule has 1 saturated heterocycles. The molecule has 1 fully saturated rings. The lowest BCUT2D eigenvalue weighted by atomic mass is 9.94. The van der Waals surface area contributed by atoms with Crippen molar-refractivity contribution in [1.82, 2.24) is 10.2 Å². The van der Waals surface area contributed by atoms with Gasteiger partial charge in [0.05, 0.1) is 13.2 Å². The molecule has 1 N–H and O–H groups in total. The van der Waals surface area contributed by atoms with E-state index >= 15 is 0 Å². The van der Waals surface area contributed by atoms with Gasteiger partial charge in [0.2, 0.25) is 5.91 Å². The fourth-order valence-corrected chi connectivity index (χ4v) is 3.81. The molecule has 1 aliphatic heterocycles. The van der Waals surface area contributed by atoms with Crippen molar-refractivity contribution in [2.75, 3.05) is 20.2 Å². The molecule has 144 valence electrons. The van der Waals surface area contributed by atoms with E-state index in [1.165, 1.54) is 11.1 Å². The van der Waals surface area contributed by atoms with Gasteiger partial charge in [-0.05, 0) is 57.0 Å². The first-order valence-electron chi connectivity index (χ1n) is 9.78. The molecule has 0 radical (unpaired) electrons. The largest absolute Gasteiger partial charge is 0.496 e. The van der Waals surface area contributed by atoms with Gasteiger partial charge < -0.3 is 10.1 Å².